The zero-order valence-corrected chi connectivity index (χ0v) is 10.5. The Bertz CT molecular complexity index is 224. The summed E-state index contributed by atoms with van der Waals surface area (Å²) in [6, 6.07) is 0. The minimum atomic E-state index is -0.394. The molecule has 0 radical (unpaired) electrons. The van der Waals surface area contributed by atoms with Crippen LogP contribution in [0.1, 0.15) is 40.5 Å². The van der Waals surface area contributed by atoms with Crippen molar-refractivity contribution in [1.82, 2.24) is 10.2 Å². The number of amides is 1. The van der Waals surface area contributed by atoms with Crippen LogP contribution in [0.25, 0.3) is 0 Å². The van der Waals surface area contributed by atoms with Gasteiger partial charge in [-0.15, -0.1) is 0 Å². The molecule has 0 unspecified atom stereocenters. The van der Waals surface area contributed by atoms with E-state index < -0.39 is 5.54 Å². The van der Waals surface area contributed by atoms with Crippen LogP contribution in [0.5, 0.6) is 0 Å². The van der Waals surface area contributed by atoms with Crippen LogP contribution in [0.15, 0.2) is 0 Å². The van der Waals surface area contributed by atoms with Crippen molar-refractivity contribution < 1.29 is 4.79 Å². The molecule has 0 saturated carbocycles. The topological polar surface area (TPSA) is 32.3 Å². The first kappa shape index (κ1) is 12.5. The number of hydrogen-bond donors (Lipinski definition) is 1. The molecule has 0 spiro atoms. The molecule has 0 aromatic carbocycles. The highest BCUT2D eigenvalue weighted by Gasteiger charge is 2.32. The average Bonchev–Trinajstić information content (AvgIpc) is 2.12. The number of carbonyl (C=O) groups excluding carboxylic acids is 1. The van der Waals surface area contributed by atoms with Crippen LogP contribution in [0, 0.1) is 5.92 Å². The molecular weight excluding hydrogens is 188 g/mol. The molecule has 1 rings (SSSR count). The molecule has 0 atom stereocenters. The molecule has 88 valence electrons. The second-order valence-corrected chi connectivity index (χ2v) is 5.40. The Hall–Kier alpha value is -0.570. The van der Waals surface area contributed by atoms with Crippen LogP contribution in [-0.2, 0) is 4.79 Å². The normalized spacial score (nSPS) is 22.7. The van der Waals surface area contributed by atoms with Crippen LogP contribution in [0.4, 0.5) is 0 Å². The van der Waals surface area contributed by atoms with Gasteiger partial charge in [0.15, 0.2) is 0 Å². The van der Waals surface area contributed by atoms with E-state index in [0.29, 0.717) is 5.92 Å². The maximum absolute atomic E-state index is 12.2. The summed E-state index contributed by atoms with van der Waals surface area (Å²) in [6.07, 6.45) is 2.27. The van der Waals surface area contributed by atoms with E-state index in [2.05, 4.69) is 19.2 Å². The lowest BCUT2D eigenvalue weighted by atomic mass is 10.00. The first-order valence-corrected chi connectivity index (χ1v) is 5.98. The van der Waals surface area contributed by atoms with E-state index in [9.17, 15) is 4.79 Å². The fourth-order valence-corrected chi connectivity index (χ4v) is 2.02. The second-order valence-electron chi connectivity index (χ2n) is 5.40. The Morgan fingerprint density at radius 3 is 2.67 bits per heavy atom. The molecule has 1 N–H and O–H groups in total. The summed E-state index contributed by atoms with van der Waals surface area (Å²) in [5, 5.41) is 3.32. The molecule has 1 saturated heterocycles. The van der Waals surface area contributed by atoms with Crippen LogP contribution >= 0.6 is 0 Å². The van der Waals surface area contributed by atoms with Gasteiger partial charge < -0.3 is 10.2 Å². The highest BCUT2D eigenvalue weighted by atomic mass is 16.2. The van der Waals surface area contributed by atoms with Gasteiger partial charge in [0.1, 0.15) is 0 Å². The van der Waals surface area contributed by atoms with Gasteiger partial charge in [-0.05, 0) is 39.2 Å². The molecule has 3 heteroatoms. The lowest BCUT2D eigenvalue weighted by Crippen LogP contribution is -2.56. The van der Waals surface area contributed by atoms with E-state index in [1.165, 1.54) is 0 Å². The van der Waals surface area contributed by atoms with Gasteiger partial charge >= 0.3 is 0 Å². The van der Waals surface area contributed by atoms with Gasteiger partial charge in [-0.1, -0.05) is 13.8 Å². The smallest absolute Gasteiger partial charge is 0.242 e. The van der Waals surface area contributed by atoms with E-state index in [4.69, 9.17) is 0 Å². The van der Waals surface area contributed by atoms with Crippen molar-refractivity contribution in [3.8, 4) is 0 Å². The van der Waals surface area contributed by atoms with Gasteiger partial charge in [0.2, 0.25) is 5.91 Å². The first-order chi connectivity index (χ1) is 6.93. The maximum atomic E-state index is 12.2. The van der Waals surface area contributed by atoms with Crippen molar-refractivity contribution in [2.45, 2.75) is 46.1 Å². The Balaban J connectivity index is 2.69. The molecule has 1 aliphatic rings. The molecule has 15 heavy (non-hydrogen) atoms. The number of nitrogens with one attached hydrogen (secondary N) is 1. The quantitative estimate of drug-likeness (QED) is 0.754. The zero-order valence-electron chi connectivity index (χ0n) is 10.5. The van der Waals surface area contributed by atoms with Crippen molar-refractivity contribution in [3.63, 3.8) is 0 Å². The zero-order chi connectivity index (χ0) is 11.5. The summed E-state index contributed by atoms with van der Waals surface area (Å²) < 4.78 is 0. The fraction of sp³-hybridized carbons (Fsp3) is 0.917. The lowest BCUT2D eigenvalue weighted by Gasteiger charge is -2.35. The molecule has 0 aromatic heterocycles. The predicted octanol–water partition coefficient (Wildman–Crippen LogP) is 1.63. The summed E-state index contributed by atoms with van der Waals surface area (Å²) in [7, 11) is 0. The number of rotatable bonds is 2. The number of nitrogens with zero attached hydrogens (tertiary/aromatic N) is 1. The molecule has 0 aliphatic carbocycles. The van der Waals surface area contributed by atoms with Crippen LogP contribution in [-0.4, -0.2) is 36.0 Å². The minimum Gasteiger partial charge on any atom is -0.341 e. The van der Waals surface area contributed by atoms with Crippen LogP contribution in [0.3, 0.4) is 0 Å². The third-order valence-electron chi connectivity index (χ3n) is 2.83. The SMILES string of the molecule is CC(C)CN1CCCCNC(C)(C)C1=O. The molecule has 1 heterocycles. The average molecular weight is 212 g/mol. The van der Waals surface area contributed by atoms with E-state index in [0.717, 1.165) is 32.5 Å². The van der Waals surface area contributed by atoms with Gasteiger partial charge in [0, 0.05) is 13.1 Å². The van der Waals surface area contributed by atoms with Crippen LogP contribution in [0.2, 0.25) is 0 Å². The molecule has 1 aliphatic heterocycles. The van der Waals surface area contributed by atoms with Crippen molar-refractivity contribution in [1.29, 1.82) is 0 Å². The summed E-state index contributed by atoms with van der Waals surface area (Å²) in [6.45, 7) is 11.0. The molecule has 3 nitrogen and oxygen atoms in total. The van der Waals surface area contributed by atoms with Crippen molar-refractivity contribution >= 4 is 5.91 Å². The fourth-order valence-electron chi connectivity index (χ4n) is 2.02. The monoisotopic (exact) mass is 212 g/mol. The second kappa shape index (κ2) is 4.97. The van der Waals surface area contributed by atoms with Crippen molar-refractivity contribution in [2.75, 3.05) is 19.6 Å². The van der Waals surface area contributed by atoms with Crippen LogP contribution < -0.4 is 5.32 Å². The highest BCUT2D eigenvalue weighted by Crippen LogP contribution is 2.14. The maximum Gasteiger partial charge on any atom is 0.242 e. The third-order valence-corrected chi connectivity index (χ3v) is 2.83. The highest BCUT2D eigenvalue weighted by molar-refractivity contribution is 5.85. The third kappa shape index (κ3) is 3.49. The summed E-state index contributed by atoms with van der Waals surface area (Å²) >= 11 is 0. The first-order valence-electron chi connectivity index (χ1n) is 5.98. The number of hydrogen-bond acceptors (Lipinski definition) is 2. The van der Waals surface area contributed by atoms with Gasteiger partial charge in [0.05, 0.1) is 5.54 Å². The summed E-state index contributed by atoms with van der Waals surface area (Å²) in [5.74, 6) is 0.792. The lowest BCUT2D eigenvalue weighted by molar-refractivity contribution is -0.138. The Kier molecular flexibility index (Phi) is 4.14. The van der Waals surface area contributed by atoms with Crippen molar-refractivity contribution in [2.24, 2.45) is 5.92 Å². The Morgan fingerprint density at radius 1 is 1.40 bits per heavy atom. The molecule has 1 amide bonds. The van der Waals surface area contributed by atoms with E-state index in [-0.39, 0.29) is 5.91 Å². The largest absolute Gasteiger partial charge is 0.341 e. The van der Waals surface area contributed by atoms with Gasteiger partial charge in [0.25, 0.3) is 0 Å². The Morgan fingerprint density at radius 2 is 2.07 bits per heavy atom. The van der Waals surface area contributed by atoms with Gasteiger partial charge in [-0.25, -0.2) is 0 Å². The number of carbonyl (C=O) groups is 1. The minimum absolute atomic E-state index is 0.246. The summed E-state index contributed by atoms with van der Waals surface area (Å²) in [5.41, 5.74) is -0.394. The van der Waals surface area contributed by atoms with E-state index in [1.807, 2.05) is 18.7 Å². The molecule has 0 aromatic rings. The van der Waals surface area contributed by atoms with Crippen molar-refractivity contribution in [3.05, 3.63) is 0 Å². The van der Waals surface area contributed by atoms with Gasteiger partial charge in [-0.2, -0.15) is 0 Å². The Labute approximate surface area is 93.2 Å². The van der Waals surface area contributed by atoms with Gasteiger partial charge in [-0.3, -0.25) is 4.79 Å². The standard InChI is InChI=1S/C12H24N2O/c1-10(2)9-14-8-6-5-7-13-12(3,4)11(14)15/h10,13H,5-9H2,1-4H3. The summed E-state index contributed by atoms with van der Waals surface area (Å²) in [4.78, 5) is 14.2. The van der Waals surface area contributed by atoms with E-state index >= 15 is 0 Å². The molecule has 0 bridgehead atoms. The molecule has 1 fully saturated rings. The predicted molar refractivity (Wildman–Crippen MR) is 62.7 cm³/mol. The molecular formula is C12H24N2O. The van der Waals surface area contributed by atoms with E-state index in [1.54, 1.807) is 0 Å².